The number of alkyl halides is 1. The monoisotopic (exact) mass is 352 g/mol. The molecule has 4 nitrogen and oxygen atoms in total. The smallest absolute Gasteiger partial charge is 0.127 e. The van der Waals surface area contributed by atoms with Crippen molar-refractivity contribution in [2.75, 3.05) is 13.2 Å². The highest BCUT2D eigenvalue weighted by molar-refractivity contribution is 9.08. The van der Waals surface area contributed by atoms with Gasteiger partial charge in [0.05, 0.1) is 13.2 Å². The summed E-state index contributed by atoms with van der Waals surface area (Å²) in [5, 5.41) is 4.92. The Hall–Kier alpha value is -1.49. The molecule has 21 heavy (non-hydrogen) atoms. The Morgan fingerprint density at radius 1 is 1.19 bits per heavy atom. The lowest BCUT2D eigenvalue weighted by atomic mass is 10.2. The van der Waals surface area contributed by atoms with Gasteiger partial charge in [-0.25, -0.2) is 0 Å². The van der Waals surface area contributed by atoms with Gasteiger partial charge >= 0.3 is 0 Å². The molecule has 0 unspecified atom stereocenters. The second kappa shape index (κ2) is 8.08. The molecule has 0 saturated carbocycles. The number of aromatic nitrogens is 2. The fraction of sp³-hybridized carbons (Fsp3) is 0.438. The van der Waals surface area contributed by atoms with Gasteiger partial charge in [0.1, 0.15) is 11.5 Å². The van der Waals surface area contributed by atoms with E-state index in [4.69, 9.17) is 9.47 Å². The molecule has 0 spiro atoms. The maximum atomic E-state index is 5.93. The van der Waals surface area contributed by atoms with Gasteiger partial charge < -0.3 is 9.47 Å². The third-order valence-electron chi connectivity index (χ3n) is 3.19. The Morgan fingerprint density at radius 2 is 2.05 bits per heavy atom. The molecule has 114 valence electrons. The molecule has 0 saturated heterocycles. The lowest BCUT2D eigenvalue weighted by Gasteiger charge is -2.12. The van der Waals surface area contributed by atoms with Gasteiger partial charge in [-0.15, -0.1) is 0 Å². The molecule has 5 heteroatoms. The minimum absolute atomic E-state index is 0.622. The summed E-state index contributed by atoms with van der Waals surface area (Å²) in [6.45, 7) is 3.44. The van der Waals surface area contributed by atoms with Crippen molar-refractivity contribution in [2.24, 2.45) is 7.05 Å². The number of hydrogen-bond donors (Lipinski definition) is 0. The van der Waals surface area contributed by atoms with Crippen LogP contribution in [0.3, 0.4) is 0 Å². The lowest BCUT2D eigenvalue weighted by Crippen LogP contribution is -2.07. The third-order valence-corrected chi connectivity index (χ3v) is 3.80. The molecule has 1 heterocycles. The number of aryl methyl sites for hydroxylation is 1. The van der Waals surface area contributed by atoms with Crippen LogP contribution in [0.4, 0.5) is 0 Å². The van der Waals surface area contributed by atoms with Gasteiger partial charge in [-0.1, -0.05) is 28.9 Å². The summed E-state index contributed by atoms with van der Waals surface area (Å²) >= 11 is 3.49. The maximum absolute atomic E-state index is 5.93. The van der Waals surface area contributed by atoms with Crippen molar-refractivity contribution in [3.8, 4) is 11.5 Å². The molecule has 1 aromatic heterocycles. The van der Waals surface area contributed by atoms with E-state index in [1.807, 2.05) is 36.0 Å². The van der Waals surface area contributed by atoms with Crippen LogP contribution in [0.15, 0.2) is 30.5 Å². The zero-order chi connectivity index (χ0) is 15.1. The standard InChI is InChI=1S/C16H21BrN2O2/c1-3-9-20-15-5-4-13(12-17)16(11-15)21-10-7-14-6-8-18-19(14)2/h4-6,8,11H,3,7,9-10,12H2,1-2H3. The van der Waals surface area contributed by atoms with Gasteiger partial charge in [-0.2, -0.15) is 5.10 Å². The van der Waals surface area contributed by atoms with E-state index in [2.05, 4.69) is 28.0 Å². The average Bonchev–Trinajstić information content (AvgIpc) is 2.91. The Labute approximate surface area is 134 Å². The van der Waals surface area contributed by atoms with E-state index in [-0.39, 0.29) is 0 Å². The van der Waals surface area contributed by atoms with E-state index in [1.165, 1.54) is 0 Å². The Morgan fingerprint density at radius 3 is 2.71 bits per heavy atom. The first kappa shape index (κ1) is 15.9. The zero-order valence-electron chi connectivity index (χ0n) is 12.5. The first-order valence-electron chi connectivity index (χ1n) is 7.16. The van der Waals surface area contributed by atoms with Gasteiger partial charge in [0, 0.05) is 42.3 Å². The highest BCUT2D eigenvalue weighted by Crippen LogP contribution is 2.27. The summed E-state index contributed by atoms with van der Waals surface area (Å²) in [4.78, 5) is 0. The summed E-state index contributed by atoms with van der Waals surface area (Å²) in [7, 11) is 1.94. The summed E-state index contributed by atoms with van der Waals surface area (Å²) in [6.07, 6.45) is 3.63. The van der Waals surface area contributed by atoms with E-state index in [0.29, 0.717) is 6.61 Å². The molecule has 0 aliphatic carbocycles. The van der Waals surface area contributed by atoms with Crippen molar-refractivity contribution in [2.45, 2.75) is 25.1 Å². The minimum atomic E-state index is 0.622. The van der Waals surface area contributed by atoms with Gasteiger partial charge in [-0.3, -0.25) is 4.68 Å². The number of benzene rings is 1. The largest absolute Gasteiger partial charge is 0.493 e. The SMILES string of the molecule is CCCOc1ccc(CBr)c(OCCc2ccnn2C)c1. The number of ether oxygens (including phenoxy) is 2. The topological polar surface area (TPSA) is 36.3 Å². The molecule has 0 aliphatic heterocycles. The van der Waals surface area contributed by atoms with Crippen LogP contribution in [0.25, 0.3) is 0 Å². The van der Waals surface area contributed by atoms with Crippen LogP contribution in [-0.2, 0) is 18.8 Å². The van der Waals surface area contributed by atoms with Crippen molar-refractivity contribution in [1.82, 2.24) is 9.78 Å². The third kappa shape index (κ3) is 4.49. The highest BCUT2D eigenvalue weighted by Gasteiger charge is 2.06. The molecule has 2 aromatic rings. The molecule has 0 amide bonds. The quantitative estimate of drug-likeness (QED) is 0.679. The summed E-state index contributed by atoms with van der Waals surface area (Å²) in [5.74, 6) is 1.74. The van der Waals surface area contributed by atoms with Crippen molar-refractivity contribution >= 4 is 15.9 Å². The molecule has 0 bridgehead atoms. The van der Waals surface area contributed by atoms with Crippen LogP contribution in [0.5, 0.6) is 11.5 Å². The van der Waals surface area contributed by atoms with Gasteiger partial charge in [0.25, 0.3) is 0 Å². The molecule has 0 atom stereocenters. The molecule has 2 rings (SSSR count). The van der Waals surface area contributed by atoms with Gasteiger partial charge in [0.2, 0.25) is 0 Å². The number of hydrogen-bond acceptors (Lipinski definition) is 3. The minimum Gasteiger partial charge on any atom is -0.493 e. The molecule has 0 N–H and O–H groups in total. The predicted octanol–water partition coefficient (Wildman–Crippen LogP) is 3.73. The molecule has 0 fully saturated rings. The Bertz CT molecular complexity index is 569. The Balaban J connectivity index is 1.98. The molecule has 0 aliphatic rings. The van der Waals surface area contributed by atoms with Crippen molar-refractivity contribution < 1.29 is 9.47 Å². The molecule has 0 radical (unpaired) electrons. The van der Waals surface area contributed by atoms with E-state index in [1.54, 1.807) is 6.20 Å². The Kier molecular flexibility index (Phi) is 6.11. The van der Waals surface area contributed by atoms with Crippen LogP contribution < -0.4 is 9.47 Å². The highest BCUT2D eigenvalue weighted by atomic mass is 79.9. The summed E-state index contributed by atoms with van der Waals surface area (Å²) in [5.41, 5.74) is 2.29. The van der Waals surface area contributed by atoms with E-state index < -0.39 is 0 Å². The second-order valence-electron chi connectivity index (χ2n) is 4.80. The van der Waals surface area contributed by atoms with Crippen LogP contribution >= 0.6 is 15.9 Å². The number of rotatable bonds is 8. The van der Waals surface area contributed by atoms with Crippen LogP contribution in [0.1, 0.15) is 24.6 Å². The fourth-order valence-corrected chi connectivity index (χ4v) is 2.46. The first-order chi connectivity index (χ1) is 10.2. The van der Waals surface area contributed by atoms with E-state index >= 15 is 0 Å². The van der Waals surface area contributed by atoms with Gasteiger partial charge in [-0.05, 0) is 18.6 Å². The first-order valence-corrected chi connectivity index (χ1v) is 8.28. The normalized spacial score (nSPS) is 10.6. The fourth-order valence-electron chi connectivity index (χ4n) is 2.00. The van der Waals surface area contributed by atoms with Crippen LogP contribution in [0, 0.1) is 0 Å². The van der Waals surface area contributed by atoms with E-state index in [9.17, 15) is 0 Å². The predicted molar refractivity (Wildman–Crippen MR) is 87.3 cm³/mol. The van der Waals surface area contributed by atoms with Crippen molar-refractivity contribution in [3.63, 3.8) is 0 Å². The maximum Gasteiger partial charge on any atom is 0.127 e. The van der Waals surface area contributed by atoms with Crippen molar-refractivity contribution in [3.05, 3.63) is 41.7 Å². The van der Waals surface area contributed by atoms with Gasteiger partial charge in [0.15, 0.2) is 0 Å². The molecular weight excluding hydrogens is 332 g/mol. The zero-order valence-corrected chi connectivity index (χ0v) is 14.1. The number of halogens is 1. The van der Waals surface area contributed by atoms with E-state index in [0.717, 1.165) is 47.5 Å². The number of nitrogens with zero attached hydrogens (tertiary/aromatic N) is 2. The summed E-state index contributed by atoms with van der Waals surface area (Å²) in [6, 6.07) is 8.00. The lowest BCUT2D eigenvalue weighted by molar-refractivity contribution is 0.300. The molecular formula is C16H21BrN2O2. The van der Waals surface area contributed by atoms with Crippen molar-refractivity contribution in [1.29, 1.82) is 0 Å². The summed E-state index contributed by atoms with van der Waals surface area (Å²) < 4.78 is 13.5. The molecule has 1 aromatic carbocycles. The van der Waals surface area contributed by atoms with Crippen LogP contribution in [-0.4, -0.2) is 23.0 Å². The average molecular weight is 353 g/mol. The second-order valence-corrected chi connectivity index (χ2v) is 5.36. The van der Waals surface area contributed by atoms with Crippen LogP contribution in [0.2, 0.25) is 0 Å².